The van der Waals surface area contributed by atoms with Gasteiger partial charge in [-0.3, -0.25) is 0 Å². The number of carbonyl (C=O) groups is 1. The first-order chi connectivity index (χ1) is 10.7. The molecule has 0 saturated heterocycles. The van der Waals surface area contributed by atoms with E-state index >= 15 is 0 Å². The molecule has 0 heterocycles. The van der Waals surface area contributed by atoms with E-state index in [1.54, 1.807) is 0 Å². The first-order valence-electron chi connectivity index (χ1n) is 8.03. The minimum atomic E-state index is -0.195. The van der Waals surface area contributed by atoms with Gasteiger partial charge < -0.3 is 20.1 Å². The van der Waals surface area contributed by atoms with E-state index in [0.29, 0.717) is 19.8 Å². The third-order valence-corrected chi connectivity index (χ3v) is 3.17. The summed E-state index contributed by atoms with van der Waals surface area (Å²) in [6.07, 6.45) is 2.97. The molecule has 1 aromatic rings. The van der Waals surface area contributed by atoms with E-state index in [1.807, 2.05) is 32.0 Å². The normalized spacial score (nSPS) is 10.3. The van der Waals surface area contributed by atoms with E-state index in [2.05, 4.69) is 17.6 Å². The lowest BCUT2D eigenvalue weighted by Crippen LogP contribution is -2.30. The van der Waals surface area contributed by atoms with Gasteiger partial charge in [-0.05, 0) is 50.5 Å². The predicted molar refractivity (Wildman–Crippen MR) is 89.7 cm³/mol. The molecular formula is C17H28N2O3. The Kier molecular flexibility index (Phi) is 9.07. The largest absolute Gasteiger partial charge is 0.494 e. The molecule has 2 amide bonds. The predicted octanol–water partition coefficient (Wildman–Crippen LogP) is 3.72. The zero-order chi connectivity index (χ0) is 16.2. The number of rotatable bonds is 10. The third kappa shape index (κ3) is 7.31. The molecule has 22 heavy (non-hydrogen) atoms. The number of hydrogen-bond donors (Lipinski definition) is 2. The summed E-state index contributed by atoms with van der Waals surface area (Å²) in [4.78, 5) is 11.8. The average molecular weight is 308 g/mol. The van der Waals surface area contributed by atoms with Gasteiger partial charge >= 0.3 is 6.03 Å². The SMILES string of the molecule is CCCCOc1ccc(NC(=O)NCCCOCC)c(C)c1. The van der Waals surface area contributed by atoms with Crippen LogP contribution in [0, 0.1) is 6.92 Å². The zero-order valence-corrected chi connectivity index (χ0v) is 13.9. The van der Waals surface area contributed by atoms with Crippen molar-refractivity contribution in [3.05, 3.63) is 23.8 Å². The summed E-state index contributed by atoms with van der Waals surface area (Å²) in [5.74, 6) is 0.841. The summed E-state index contributed by atoms with van der Waals surface area (Å²) in [5.41, 5.74) is 1.78. The highest BCUT2D eigenvalue weighted by Gasteiger charge is 2.05. The fourth-order valence-electron chi connectivity index (χ4n) is 1.89. The lowest BCUT2D eigenvalue weighted by atomic mass is 10.2. The van der Waals surface area contributed by atoms with E-state index in [9.17, 15) is 4.79 Å². The average Bonchev–Trinajstić information content (AvgIpc) is 2.50. The van der Waals surface area contributed by atoms with E-state index in [0.717, 1.165) is 42.9 Å². The maximum Gasteiger partial charge on any atom is 0.319 e. The van der Waals surface area contributed by atoms with Crippen molar-refractivity contribution in [3.8, 4) is 5.75 Å². The van der Waals surface area contributed by atoms with Gasteiger partial charge in [-0.2, -0.15) is 0 Å². The van der Waals surface area contributed by atoms with Gasteiger partial charge in [-0.25, -0.2) is 4.79 Å². The highest BCUT2D eigenvalue weighted by Crippen LogP contribution is 2.21. The van der Waals surface area contributed by atoms with Crippen molar-refractivity contribution >= 4 is 11.7 Å². The first-order valence-corrected chi connectivity index (χ1v) is 8.03. The van der Waals surface area contributed by atoms with Gasteiger partial charge in [0.1, 0.15) is 5.75 Å². The molecule has 0 aromatic heterocycles. The Morgan fingerprint density at radius 2 is 2.00 bits per heavy atom. The number of carbonyl (C=O) groups excluding carboxylic acids is 1. The molecule has 5 heteroatoms. The van der Waals surface area contributed by atoms with Crippen molar-refractivity contribution in [1.29, 1.82) is 0 Å². The molecule has 0 spiro atoms. The monoisotopic (exact) mass is 308 g/mol. The van der Waals surface area contributed by atoms with Crippen LogP contribution >= 0.6 is 0 Å². The summed E-state index contributed by atoms with van der Waals surface area (Å²) < 4.78 is 10.9. The van der Waals surface area contributed by atoms with Crippen LogP contribution in [0.3, 0.4) is 0 Å². The van der Waals surface area contributed by atoms with Crippen LogP contribution in [-0.4, -0.2) is 32.4 Å². The number of aryl methyl sites for hydroxylation is 1. The number of amides is 2. The second-order valence-corrected chi connectivity index (χ2v) is 5.11. The van der Waals surface area contributed by atoms with Crippen molar-refractivity contribution in [2.24, 2.45) is 0 Å². The summed E-state index contributed by atoms with van der Waals surface area (Å²) in [6.45, 7) is 8.74. The van der Waals surface area contributed by atoms with E-state index < -0.39 is 0 Å². The Bertz CT molecular complexity index is 450. The molecule has 0 radical (unpaired) electrons. The van der Waals surface area contributed by atoms with Crippen LogP contribution in [-0.2, 0) is 4.74 Å². The van der Waals surface area contributed by atoms with Crippen molar-refractivity contribution in [1.82, 2.24) is 5.32 Å². The van der Waals surface area contributed by atoms with Crippen LogP contribution in [0.25, 0.3) is 0 Å². The molecule has 0 aliphatic heterocycles. The lowest BCUT2D eigenvalue weighted by Gasteiger charge is -2.12. The van der Waals surface area contributed by atoms with Gasteiger partial charge in [-0.1, -0.05) is 13.3 Å². The fraction of sp³-hybridized carbons (Fsp3) is 0.588. The fourth-order valence-corrected chi connectivity index (χ4v) is 1.89. The molecule has 124 valence electrons. The van der Waals surface area contributed by atoms with Crippen LogP contribution in [0.4, 0.5) is 10.5 Å². The van der Waals surface area contributed by atoms with Gasteiger partial charge in [0.25, 0.3) is 0 Å². The number of anilines is 1. The Hall–Kier alpha value is -1.75. The number of unbranched alkanes of at least 4 members (excludes halogenated alkanes) is 1. The van der Waals surface area contributed by atoms with Crippen LogP contribution in [0.2, 0.25) is 0 Å². The van der Waals surface area contributed by atoms with Gasteiger partial charge in [-0.15, -0.1) is 0 Å². The third-order valence-electron chi connectivity index (χ3n) is 3.17. The second-order valence-electron chi connectivity index (χ2n) is 5.11. The molecular weight excluding hydrogens is 280 g/mol. The molecule has 1 aromatic carbocycles. The van der Waals surface area contributed by atoms with Crippen molar-refractivity contribution in [3.63, 3.8) is 0 Å². The topological polar surface area (TPSA) is 59.6 Å². The summed E-state index contributed by atoms with van der Waals surface area (Å²) in [5, 5.41) is 5.66. The van der Waals surface area contributed by atoms with Crippen molar-refractivity contribution < 1.29 is 14.3 Å². The quantitative estimate of drug-likeness (QED) is 0.648. The van der Waals surface area contributed by atoms with Crippen LogP contribution < -0.4 is 15.4 Å². The number of ether oxygens (including phenoxy) is 2. The zero-order valence-electron chi connectivity index (χ0n) is 13.9. The number of urea groups is 1. The Labute approximate surface area is 133 Å². The molecule has 0 saturated carbocycles. The standard InChI is InChI=1S/C17H28N2O3/c1-4-6-12-22-15-8-9-16(14(3)13-15)19-17(20)18-10-7-11-21-5-2/h8-9,13H,4-7,10-12H2,1-3H3,(H2,18,19,20). The van der Waals surface area contributed by atoms with Gasteiger partial charge in [0.15, 0.2) is 0 Å². The van der Waals surface area contributed by atoms with E-state index in [4.69, 9.17) is 9.47 Å². The molecule has 0 aliphatic rings. The molecule has 0 bridgehead atoms. The molecule has 5 nitrogen and oxygen atoms in total. The molecule has 1 rings (SSSR count). The maximum absolute atomic E-state index is 11.8. The number of hydrogen-bond acceptors (Lipinski definition) is 3. The minimum Gasteiger partial charge on any atom is -0.494 e. The lowest BCUT2D eigenvalue weighted by molar-refractivity contribution is 0.145. The smallest absolute Gasteiger partial charge is 0.319 e. The first kappa shape index (κ1) is 18.3. The van der Waals surface area contributed by atoms with Gasteiger partial charge in [0, 0.05) is 25.4 Å². The van der Waals surface area contributed by atoms with Crippen molar-refractivity contribution in [2.75, 3.05) is 31.7 Å². The van der Waals surface area contributed by atoms with Crippen LogP contribution in [0.15, 0.2) is 18.2 Å². The number of nitrogens with one attached hydrogen (secondary N) is 2. The highest BCUT2D eigenvalue weighted by molar-refractivity contribution is 5.90. The van der Waals surface area contributed by atoms with Gasteiger partial charge in [0.2, 0.25) is 0 Å². The van der Waals surface area contributed by atoms with Crippen LogP contribution in [0.1, 0.15) is 38.7 Å². The second kappa shape index (κ2) is 10.9. The summed E-state index contributed by atoms with van der Waals surface area (Å²) >= 11 is 0. The van der Waals surface area contributed by atoms with Gasteiger partial charge in [0.05, 0.1) is 6.61 Å². The molecule has 0 fully saturated rings. The summed E-state index contributed by atoms with van der Waals surface area (Å²) in [6, 6.07) is 5.50. The maximum atomic E-state index is 11.8. The molecule has 0 aliphatic carbocycles. The Morgan fingerprint density at radius 1 is 1.18 bits per heavy atom. The number of benzene rings is 1. The Balaban J connectivity index is 2.36. The molecule has 2 N–H and O–H groups in total. The Morgan fingerprint density at radius 3 is 2.68 bits per heavy atom. The van der Waals surface area contributed by atoms with Crippen molar-refractivity contribution in [2.45, 2.75) is 40.0 Å². The molecule has 0 atom stereocenters. The summed E-state index contributed by atoms with van der Waals surface area (Å²) in [7, 11) is 0. The van der Waals surface area contributed by atoms with E-state index in [-0.39, 0.29) is 6.03 Å². The van der Waals surface area contributed by atoms with Crippen LogP contribution in [0.5, 0.6) is 5.75 Å². The minimum absolute atomic E-state index is 0.195. The highest BCUT2D eigenvalue weighted by atomic mass is 16.5. The molecule has 0 unspecified atom stereocenters. The van der Waals surface area contributed by atoms with E-state index in [1.165, 1.54) is 0 Å².